The molecule has 0 aliphatic heterocycles. The molecule has 0 spiro atoms. The second-order valence-corrected chi connectivity index (χ2v) is 7.64. The van der Waals surface area contributed by atoms with Crippen molar-refractivity contribution in [2.45, 2.75) is 39.3 Å². The van der Waals surface area contributed by atoms with Gasteiger partial charge in [-0.1, -0.05) is 25.1 Å². The molecule has 4 rings (SSSR count). The van der Waals surface area contributed by atoms with Gasteiger partial charge in [-0.05, 0) is 36.0 Å². The molecule has 0 fully saturated rings. The van der Waals surface area contributed by atoms with Crippen molar-refractivity contribution >= 4 is 28.4 Å². The Morgan fingerprint density at radius 2 is 2.00 bits per heavy atom. The van der Waals surface area contributed by atoms with Crippen molar-refractivity contribution < 1.29 is 4.39 Å². The van der Waals surface area contributed by atoms with Crippen LogP contribution in [0.4, 0.5) is 10.1 Å². The van der Waals surface area contributed by atoms with Crippen LogP contribution in [0.5, 0.6) is 0 Å². The minimum Gasteiger partial charge on any atom is -0.399 e. The quantitative estimate of drug-likeness (QED) is 0.439. The first kappa shape index (κ1) is 20.0. The molecule has 0 saturated heterocycles. The van der Waals surface area contributed by atoms with Crippen LogP contribution in [0.2, 0.25) is 0 Å². The van der Waals surface area contributed by atoms with Gasteiger partial charge in [0, 0.05) is 24.2 Å². The number of para-hydroxylation sites is 1. The fourth-order valence-corrected chi connectivity index (χ4v) is 4.00. The van der Waals surface area contributed by atoms with Gasteiger partial charge in [0.15, 0.2) is 11.5 Å². The van der Waals surface area contributed by atoms with E-state index >= 15 is 0 Å². The van der Waals surface area contributed by atoms with E-state index < -0.39 is 17.1 Å². The van der Waals surface area contributed by atoms with Gasteiger partial charge in [0.05, 0.1) is 12.1 Å². The Labute approximate surface area is 175 Å². The Kier molecular flexibility index (Phi) is 5.49. The lowest BCUT2D eigenvalue weighted by atomic mass is 10.1. The summed E-state index contributed by atoms with van der Waals surface area (Å²) in [5.74, 6) is -0.0330. The highest BCUT2D eigenvalue weighted by atomic mass is 32.1. The van der Waals surface area contributed by atoms with Crippen LogP contribution in [0.1, 0.15) is 30.4 Å². The third-order valence-electron chi connectivity index (χ3n) is 4.95. The van der Waals surface area contributed by atoms with E-state index in [2.05, 4.69) is 14.3 Å². The highest BCUT2D eigenvalue weighted by Crippen LogP contribution is 2.16. The van der Waals surface area contributed by atoms with Crippen LogP contribution in [0, 0.1) is 5.82 Å². The number of rotatable bonds is 7. The number of imidazole rings is 1. The Hall–Kier alpha value is -3.27. The Morgan fingerprint density at radius 1 is 1.20 bits per heavy atom. The summed E-state index contributed by atoms with van der Waals surface area (Å²) in [5, 5.41) is 1.31. The number of nitrogens with one attached hydrogen (secondary N) is 1. The number of nitrogens with two attached hydrogens (primary N) is 1. The third-order valence-corrected chi connectivity index (χ3v) is 5.59. The number of aromatic amines is 1. The van der Waals surface area contributed by atoms with Crippen LogP contribution in [0.3, 0.4) is 0 Å². The molecule has 3 heterocycles. The number of fused-ring (bicyclic) bond motifs is 1. The SMILES string of the molecule is CCCn1c(=O)c2[nH]c(Cc3nscc3F)nc2n(CCc2ccccc2N)c1=O. The van der Waals surface area contributed by atoms with Crippen molar-refractivity contribution in [3.8, 4) is 0 Å². The molecule has 0 unspecified atom stereocenters. The number of hydrogen-bond donors (Lipinski definition) is 2. The van der Waals surface area contributed by atoms with Crippen LogP contribution >= 0.6 is 11.5 Å². The summed E-state index contributed by atoms with van der Waals surface area (Å²) in [4.78, 5) is 33.3. The van der Waals surface area contributed by atoms with Gasteiger partial charge in [-0.15, -0.1) is 0 Å². The molecule has 1 aromatic carbocycles. The molecule has 0 bridgehead atoms. The van der Waals surface area contributed by atoms with Gasteiger partial charge in [0.2, 0.25) is 0 Å². The maximum Gasteiger partial charge on any atom is 0.332 e. The minimum atomic E-state index is -0.426. The lowest BCUT2D eigenvalue weighted by Crippen LogP contribution is -2.40. The van der Waals surface area contributed by atoms with Crippen LogP contribution in [0.15, 0.2) is 39.2 Å². The zero-order chi connectivity index (χ0) is 21.3. The smallest absolute Gasteiger partial charge is 0.332 e. The lowest BCUT2D eigenvalue weighted by molar-refractivity contribution is 0.560. The summed E-state index contributed by atoms with van der Waals surface area (Å²) in [6.07, 6.45) is 1.25. The third kappa shape index (κ3) is 3.65. The Bertz CT molecular complexity index is 1320. The van der Waals surface area contributed by atoms with Gasteiger partial charge in [0.1, 0.15) is 11.3 Å². The van der Waals surface area contributed by atoms with E-state index in [0.29, 0.717) is 37.4 Å². The van der Waals surface area contributed by atoms with Crippen molar-refractivity contribution in [1.29, 1.82) is 0 Å². The second kappa shape index (κ2) is 8.23. The van der Waals surface area contributed by atoms with E-state index in [0.717, 1.165) is 17.1 Å². The Balaban J connectivity index is 1.80. The monoisotopic (exact) mass is 428 g/mol. The average Bonchev–Trinajstić information content (AvgIpc) is 3.33. The summed E-state index contributed by atoms with van der Waals surface area (Å²) >= 11 is 1.02. The number of benzene rings is 1. The standard InChI is InChI=1S/C20H21FN6O2S/c1-2-8-27-19(28)17-18(24-16(23-17)10-15-13(21)11-30-25-15)26(20(27)29)9-7-12-5-3-4-6-14(12)22/h3-6,11H,2,7-10,22H2,1H3,(H,23,24). The van der Waals surface area contributed by atoms with Crippen molar-refractivity contribution in [3.63, 3.8) is 0 Å². The molecular weight excluding hydrogens is 407 g/mol. The van der Waals surface area contributed by atoms with E-state index in [-0.39, 0.29) is 23.3 Å². The molecule has 8 nitrogen and oxygen atoms in total. The second-order valence-electron chi connectivity index (χ2n) is 7.01. The van der Waals surface area contributed by atoms with Crippen LogP contribution in [-0.4, -0.2) is 23.5 Å². The van der Waals surface area contributed by atoms with Gasteiger partial charge < -0.3 is 10.7 Å². The summed E-state index contributed by atoms with van der Waals surface area (Å²) in [6.45, 7) is 2.51. The molecule has 0 saturated carbocycles. The first-order valence-corrected chi connectivity index (χ1v) is 10.5. The normalized spacial score (nSPS) is 11.4. The van der Waals surface area contributed by atoms with E-state index in [1.54, 1.807) is 6.07 Å². The maximum absolute atomic E-state index is 13.8. The van der Waals surface area contributed by atoms with Crippen molar-refractivity contribution in [1.82, 2.24) is 23.5 Å². The van der Waals surface area contributed by atoms with Gasteiger partial charge in [-0.3, -0.25) is 13.9 Å². The van der Waals surface area contributed by atoms with Crippen molar-refractivity contribution in [3.05, 3.63) is 73.4 Å². The first-order chi connectivity index (χ1) is 14.5. The highest BCUT2D eigenvalue weighted by Gasteiger charge is 2.18. The van der Waals surface area contributed by atoms with Gasteiger partial charge in [0.25, 0.3) is 5.56 Å². The summed E-state index contributed by atoms with van der Waals surface area (Å²) in [5.41, 5.74) is 7.48. The average molecular weight is 428 g/mol. The van der Waals surface area contributed by atoms with Crippen molar-refractivity contribution in [2.75, 3.05) is 5.73 Å². The minimum absolute atomic E-state index is 0.108. The summed E-state index contributed by atoms with van der Waals surface area (Å²) in [6, 6.07) is 7.45. The molecule has 10 heteroatoms. The van der Waals surface area contributed by atoms with Gasteiger partial charge >= 0.3 is 5.69 Å². The number of H-pyrrole nitrogens is 1. The maximum atomic E-state index is 13.8. The number of aromatic nitrogens is 5. The van der Waals surface area contributed by atoms with E-state index in [9.17, 15) is 14.0 Å². The summed E-state index contributed by atoms with van der Waals surface area (Å²) in [7, 11) is 0. The van der Waals surface area contributed by atoms with Gasteiger partial charge in [-0.2, -0.15) is 4.37 Å². The number of hydrogen-bond acceptors (Lipinski definition) is 6. The zero-order valence-corrected chi connectivity index (χ0v) is 17.2. The number of anilines is 1. The van der Waals surface area contributed by atoms with Crippen LogP contribution in [0.25, 0.3) is 11.2 Å². The topological polar surface area (TPSA) is 112 Å². The van der Waals surface area contributed by atoms with Crippen molar-refractivity contribution in [2.24, 2.45) is 0 Å². The number of nitrogens with zero attached hydrogens (tertiary/aromatic N) is 4. The molecule has 4 aromatic rings. The lowest BCUT2D eigenvalue weighted by Gasteiger charge is -2.11. The molecule has 0 radical (unpaired) electrons. The van der Waals surface area contributed by atoms with Gasteiger partial charge in [-0.25, -0.2) is 14.2 Å². The molecule has 0 amide bonds. The Morgan fingerprint density at radius 3 is 2.70 bits per heavy atom. The molecule has 0 atom stereocenters. The van der Waals surface area contributed by atoms with E-state index in [4.69, 9.17) is 5.73 Å². The molecule has 0 aliphatic carbocycles. The van der Waals surface area contributed by atoms with Crippen LogP contribution < -0.4 is 17.0 Å². The largest absolute Gasteiger partial charge is 0.399 e. The number of nitrogen functional groups attached to an aromatic ring is 1. The molecule has 3 N–H and O–H groups in total. The molecule has 156 valence electrons. The van der Waals surface area contributed by atoms with Crippen LogP contribution in [-0.2, 0) is 25.9 Å². The van der Waals surface area contributed by atoms with E-state index in [1.165, 1.54) is 14.5 Å². The zero-order valence-electron chi connectivity index (χ0n) is 16.4. The fraction of sp³-hybridized carbons (Fsp3) is 0.300. The number of halogens is 1. The molecule has 30 heavy (non-hydrogen) atoms. The van der Waals surface area contributed by atoms with E-state index in [1.807, 2.05) is 25.1 Å². The summed E-state index contributed by atoms with van der Waals surface area (Å²) < 4.78 is 20.5. The first-order valence-electron chi connectivity index (χ1n) is 9.64. The predicted molar refractivity (Wildman–Crippen MR) is 114 cm³/mol. The molecular formula is C20H21FN6O2S. The fourth-order valence-electron chi connectivity index (χ4n) is 3.44. The highest BCUT2D eigenvalue weighted by molar-refractivity contribution is 7.03. The molecule has 0 aliphatic rings. The number of aryl methyl sites for hydroxylation is 2. The molecule has 3 aromatic heterocycles. The predicted octanol–water partition coefficient (Wildman–Crippen LogP) is 2.31.